The van der Waals surface area contributed by atoms with Gasteiger partial charge in [-0.25, -0.2) is 5.01 Å². The molecule has 0 bridgehead atoms. The summed E-state index contributed by atoms with van der Waals surface area (Å²) in [6.07, 6.45) is 1.81. The van der Waals surface area contributed by atoms with Crippen LogP contribution < -0.4 is 0 Å². The van der Waals surface area contributed by atoms with E-state index in [0.29, 0.717) is 6.54 Å². The van der Waals surface area contributed by atoms with Crippen molar-refractivity contribution in [3.63, 3.8) is 0 Å². The van der Waals surface area contributed by atoms with Gasteiger partial charge in [0.2, 0.25) is 0 Å². The fraction of sp³-hybridized carbons (Fsp3) is 0.714. The summed E-state index contributed by atoms with van der Waals surface area (Å²) in [5, 5.41) is 5.53. The molecule has 0 unspecified atom stereocenters. The summed E-state index contributed by atoms with van der Waals surface area (Å²) in [5.74, 6) is 0. The van der Waals surface area contributed by atoms with Crippen LogP contribution in [0.2, 0.25) is 0 Å². The molecule has 0 radical (unpaired) electrons. The van der Waals surface area contributed by atoms with Gasteiger partial charge in [-0.2, -0.15) is 5.10 Å². The van der Waals surface area contributed by atoms with E-state index >= 15 is 0 Å². The van der Waals surface area contributed by atoms with Gasteiger partial charge < -0.3 is 0 Å². The standard InChI is InChI=1S/C7H12N2OS/c1-4-9-6(10)11-7(2,3)5-8-9/h5H,4H2,1-3H3. The minimum Gasteiger partial charge on any atom is -0.260 e. The summed E-state index contributed by atoms with van der Waals surface area (Å²) in [4.78, 5) is 11.2. The number of thioether (sulfide) groups is 1. The van der Waals surface area contributed by atoms with Crippen LogP contribution in [0.3, 0.4) is 0 Å². The highest BCUT2D eigenvalue weighted by Gasteiger charge is 2.28. The van der Waals surface area contributed by atoms with Crippen LogP contribution in [0.5, 0.6) is 0 Å². The number of carbonyl (C=O) groups is 1. The molecule has 0 aromatic carbocycles. The zero-order valence-electron chi connectivity index (χ0n) is 7.00. The van der Waals surface area contributed by atoms with Crippen LogP contribution in [0.1, 0.15) is 20.8 Å². The van der Waals surface area contributed by atoms with E-state index < -0.39 is 0 Å². The van der Waals surface area contributed by atoms with Gasteiger partial charge in [-0.1, -0.05) is 11.8 Å². The van der Waals surface area contributed by atoms with Crippen LogP contribution >= 0.6 is 11.8 Å². The van der Waals surface area contributed by atoms with Crippen molar-refractivity contribution >= 4 is 23.2 Å². The normalized spacial score (nSPS) is 22.5. The lowest BCUT2D eigenvalue weighted by Gasteiger charge is -2.27. The summed E-state index contributed by atoms with van der Waals surface area (Å²) in [6.45, 7) is 6.52. The van der Waals surface area contributed by atoms with Crippen LogP contribution in [0.25, 0.3) is 0 Å². The topological polar surface area (TPSA) is 32.7 Å². The van der Waals surface area contributed by atoms with Crippen LogP contribution in [0.15, 0.2) is 5.10 Å². The fourth-order valence-electron chi connectivity index (χ4n) is 0.771. The van der Waals surface area contributed by atoms with E-state index in [4.69, 9.17) is 0 Å². The van der Waals surface area contributed by atoms with Gasteiger partial charge in [0, 0.05) is 12.8 Å². The third-order valence-corrected chi connectivity index (χ3v) is 2.39. The molecule has 1 amide bonds. The summed E-state index contributed by atoms with van der Waals surface area (Å²) in [6, 6.07) is 0. The van der Waals surface area contributed by atoms with Crippen molar-refractivity contribution in [1.82, 2.24) is 5.01 Å². The molecule has 0 saturated heterocycles. The number of amides is 1. The molecular formula is C7H12N2OS. The molecule has 0 fully saturated rings. The van der Waals surface area contributed by atoms with Crippen molar-refractivity contribution in [3.05, 3.63) is 0 Å². The number of hydrogen-bond acceptors (Lipinski definition) is 3. The summed E-state index contributed by atoms with van der Waals surface area (Å²) in [5.41, 5.74) is 0. The molecule has 11 heavy (non-hydrogen) atoms. The molecule has 0 atom stereocenters. The highest BCUT2D eigenvalue weighted by atomic mass is 32.2. The van der Waals surface area contributed by atoms with Crippen LogP contribution in [0.4, 0.5) is 4.79 Å². The van der Waals surface area contributed by atoms with Gasteiger partial charge in [0.25, 0.3) is 0 Å². The molecule has 0 saturated carbocycles. The van der Waals surface area contributed by atoms with E-state index in [0.717, 1.165) is 0 Å². The maximum atomic E-state index is 11.2. The average molecular weight is 172 g/mol. The Morgan fingerprint density at radius 1 is 1.73 bits per heavy atom. The van der Waals surface area contributed by atoms with E-state index in [9.17, 15) is 4.79 Å². The van der Waals surface area contributed by atoms with Crippen molar-refractivity contribution in [2.45, 2.75) is 25.5 Å². The Kier molecular flexibility index (Phi) is 2.23. The third-order valence-electron chi connectivity index (χ3n) is 1.37. The van der Waals surface area contributed by atoms with Crippen molar-refractivity contribution in [3.8, 4) is 0 Å². The first-order valence-electron chi connectivity index (χ1n) is 3.61. The molecule has 1 aliphatic heterocycles. The first-order valence-corrected chi connectivity index (χ1v) is 4.42. The van der Waals surface area contributed by atoms with Gasteiger partial charge >= 0.3 is 5.24 Å². The molecular weight excluding hydrogens is 160 g/mol. The van der Waals surface area contributed by atoms with Crippen molar-refractivity contribution in [1.29, 1.82) is 0 Å². The lowest BCUT2D eigenvalue weighted by Crippen LogP contribution is -2.34. The maximum absolute atomic E-state index is 11.2. The van der Waals surface area contributed by atoms with Crippen molar-refractivity contribution in [2.24, 2.45) is 5.10 Å². The molecule has 0 aromatic rings. The second-order valence-corrected chi connectivity index (χ2v) is 4.54. The second-order valence-electron chi connectivity index (χ2n) is 2.93. The first-order chi connectivity index (χ1) is 5.05. The summed E-state index contributed by atoms with van der Waals surface area (Å²) >= 11 is 1.31. The number of rotatable bonds is 1. The van der Waals surface area contributed by atoms with E-state index in [-0.39, 0.29) is 9.99 Å². The molecule has 0 spiro atoms. The summed E-state index contributed by atoms with van der Waals surface area (Å²) in [7, 11) is 0. The Hall–Kier alpha value is -0.510. The Morgan fingerprint density at radius 3 is 2.82 bits per heavy atom. The van der Waals surface area contributed by atoms with Crippen LogP contribution in [-0.2, 0) is 0 Å². The number of hydrazone groups is 1. The minimum absolute atomic E-state index is 0.0417. The summed E-state index contributed by atoms with van der Waals surface area (Å²) < 4.78 is -0.136. The quantitative estimate of drug-likeness (QED) is 0.605. The van der Waals surface area contributed by atoms with Gasteiger partial charge in [0.05, 0.1) is 4.75 Å². The minimum atomic E-state index is -0.136. The zero-order chi connectivity index (χ0) is 8.48. The number of carbonyl (C=O) groups excluding carboxylic acids is 1. The average Bonchev–Trinajstić information content (AvgIpc) is 1.86. The molecule has 1 rings (SSSR count). The fourth-order valence-corrected chi connectivity index (χ4v) is 1.60. The van der Waals surface area contributed by atoms with Gasteiger partial charge in [0.15, 0.2) is 0 Å². The second kappa shape index (κ2) is 2.85. The largest absolute Gasteiger partial charge is 0.302 e. The molecule has 1 aliphatic rings. The lowest BCUT2D eigenvalue weighted by atomic mass is 10.2. The van der Waals surface area contributed by atoms with Crippen LogP contribution in [-0.4, -0.2) is 27.8 Å². The Bertz CT molecular complexity index is 201. The molecule has 0 aliphatic carbocycles. The van der Waals surface area contributed by atoms with E-state index in [2.05, 4.69) is 5.10 Å². The van der Waals surface area contributed by atoms with Crippen molar-refractivity contribution < 1.29 is 4.79 Å². The Morgan fingerprint density at radius 2 is 2.36 bits per heavy atom. The first kappa shape index (κ1) is 8.59. The Labute approximate surface area is 70.8 Å². The van der Waals surface area contributed by atoms with Gasteiger partial charge in [-0.15, -0.1) is 0 Å². The van der Waals surface area contributed by atoms with Crippen molar-refractivity contribution in [2.75, 3.05) is 6.54 Å². The molecule has 0 N–H and O–H groups in total. The van der Waals surface area contributed by atoms with Gasteiger partial charge in [-0.05, 0) is 20.8 Å². The predicted molar refractivity (Wildman–Crippen MR) is 47.9 cm³/mol. The number of nitrogens with zero attached hydrogens (tertiary/aromatic N) is 2. The monoisotopic (exact) mass is 172 g/mol. The Balaban J connectivity index is 2.75. The highest BCUT2D eigenvalue weighted by molar-refractivity contribution is 8.15. The van der Waals surface area contributed by atoms with Gasteiger partial charge in [-0.3, -0.25) is 4.79 Å². The number of hydrogen-bond donors (Lipinski definition) is 0. The highest BCUT2D eigenvalue weighted by Crippen LogP contribution is 2.28. The maximum Gasteiger partial charge on any atom is 0.302 e. The molecule has 0 aromatic heterocycles. The van der Waals surface area contributed by atoms with E-state index in [1.54, 1.807) is 0 Å². The molecule has 62 valence electrons. The molecule has 1 heterocycles. The third kappa shape index (κ3) is 1.96. The SMILES string of the molecule is CCN1N=CC(C)(C)SC1=O. The lowest BCUT2D eigenvalue weighted by molar-refractivity contribution is 0.227. The van der Waals surface area contributed by atoms with Crippen LogP contribution in [0, 0.1) is 0 Å². The molecule has 3 nitrogen and oxygen atoms in total. The van der Waals surface area contributed by atoms with Gasteiger partial charge in [0.1, 0.15) is 0 Å². The zero-order valence-corrected chi connectivity index (χ0v) is 7.81. The molecule has 4 heteroatoms. The van der Waals surface area contributed by atoms with E-state index in [1.165, 1.54) is 16.8 Å². The smallest absolute Gasteiger partial charge is 0.260 e. The van der Waals surface area contributed by atoms with E-state index in [1.807, 2.05) is 27.0 Å². The predicted octanol–water partition coefficient (Wildman–Crippen LogP) is 1.94.